The molecule has 2 aromatic carbocycles. The molecule has 0 amide bonds. The normalized spacial score (nSPS) is 12.4. The first-order valence-corrected chi connectivity index (χ1v) is 9.97. The SMILES string of the molecule is CC(C)(C)CS(=O)(=O)c1ccccc1-c1ccc(CBr)cc1. The maximum Gasteiger partial charge on any atom is 0.179 e. The molecule has 0 N–H and O–H groups in total. The molecule has 0 aliphatic rings. The molecule has 118 valence electrons. The summed E-state index contributed by atoms with van der Waals surface area (Å²) < 4.78 is 25.5. The van der Waals surface area contributed by atoms with Crippen LogP contribution in [0.5, 0.6) is 0 Å². The van der Waals surface area contributed by atoms with Gasteiger partial charge in [-0.2, -0.15) is 0 Å². The van der Waals surface area contributed by atoms with Gasteiger partial charge in [-0.15, -0.1) is 0 Å². The fraction of sp³-hybridized carbons (Fsp3) is 0.333. The van der Waals surface area contributed by atoms with Crippen LogP contribution in [0.2, 0.25) is 0 Å². The number of halogens is 1. The second kappa shape index (κ2) is 6.55. The van der Waals surface area contributed by atoms with Gasteiger partial charge >= 0.3 is 0 Å². The Hall–Kier alpha value is -1.13. The Morgan fingerprint density at radius 2 is 1.55 bits per heavy atom. The predicted molar refractivity (Wildman–Crippen MR) is 96.0 cm³/mol. The van der Waals surface area contributed by atoms with Gasteiger partial charge in [-0.05, 0) is 22.6 Å². The minimum atomic E-state index is -3.32. The highest BCUT2D eigenvalue weighted by molar-refractivity contribution is 9.08. The van der Waals surface area contributed by atoms with E-state index in [1.54, 1.807) is 12.1 Å². The van der Waals surface area contributed by atoms with Crippen LogP contribution in [0.15, 0.2) is 53.4 Å². The van der Waals surface area contributed by atoms with Crippen LogP contribution >= 0.6 is 15.9 Å². The summed E-state index contributed by atoms with van der Waals surface area (Å²) in [5.41, 5.74) is 2.59. The predicted octanol–water partition coefficient (Wildman–Crippen LogP) is 5.07. The van der Waals surface area contributed by atoms with Gasteiger partial charge in [-0.1, -0.05) is 79.2 Å². The third-order valence-corrected chi connectivity index (χ3v) is 6.18. The van der Waals surface area contributed by atoms with Crippen molar-refractivity contribution in [2.75, 3.05) is 5.75 Å². The molecule has 22 heavy (non-hydrogen) atoms. The van der Waals surface area contributed by atoms with Crippen molar-refractivity contribution in [1.29, 1.82) is 0 Å². The Labute approximate surface area is 141 Å². The average Bonchev–Trinajstić information content (AvgIpc) is 2.45. The summed E-state index contributed by atoms with van der Waals surface area (Å²) in [6.07, 6.45) is 0. The van der Waals surface area contributed by atoms with Gasteiger partial charge in [-0.3, -0.25) is 0 Å². The summed E-state index contributed by atoms with van der Waals surface area (Å²) in [7, 11) is -3.32. The quantitative estimate of drug-likeness (QED) is 0.693. The van der Waals surface area contributed by atoms with Crippen molar-refractivity contribution < 1.29 is 8.42 Å². The van der Waals surface area contributed by atoms with E-state index in [1.165, 1.54) is 5.56 Å². The van der Waals surface area contributed by atoms with Crippen LogP contribution in [-0.2, 0) is 15.2 Å². The van der Waals surface area contributed by atoms with E-state index in [-0.39, 0.29) is 11.2 Å². The largest absolute Gasteiger partial charge is 0.224 e. The van der Waals surface area contributed by atoms with Crippen LogP contribution in [0.25, 0.3) is 11.1 Å². The van der Waals surface area contributed by atoms with Crippen LogP contribution in [0, 0.1) is 5.41 Å². The second-order valence-electron chi connectivity index (χ2n) is 6.65. The fourth-order valence-corrected chi connectivity index (χ4v) is 4.87. The Kier molecular flexibility index (Phi) is 5.13. The summed E-state index contributed by atoms with van der Waals surface area (Å²) in [6.45, 7) is 5.83. The third kappa shape index (κ3) is 4.20. The smallest absolute Gasteiger partial charge is 0.179 e. The molecule has 0 saturated heterocycles. The topological polar surface area (TPSA) is 34.1 Å². The van der Waals surface area contributed by atoms with Gasteiger partial charge in [0.2, 0.25) is 0 Å². The number of hydrogen-bond donors (Lipinski definition) is 0. The number of rotatable bonds is 4. The highest BCUT2D eigenvalue weighted by Crippen LogP contribution is 2.31. The molecule has 0 aliphatic carbocycles. The molecule has 0 atom stereocenters. The van der Waals surface area contributed by atoms with Crippen molar-refractivity contribution in [3.63, 3.8) is 0 Å². The van der Waals surface area contributed by atoms with Gasteiger partial charge in [-0.25, -0.2) is 8.42 Å². The summed E-state index contributed by atoms with van der Waals surface area (Å²) in [5.74, 6) is 0.135. The summed E-state index contributed by atoms with van der Waals surface area (Å²) in [5, 5.41) is 0.789. The van der Waals surface area contributed by atoms with Crippen molar-refractivity contribution in [1.82, 2.24) is 0 Å². The molecule has 0 aliphatic heterocycles. The van der Waals surface area contributed by atoms with Crippen molar-refractivity contribution in [3.05, 3.63) is 54.1 Å². The first kappa shape index (κ1) is 17.2. The summed E-state index contributed by atoms with van der Waals surface area (Å²) in [4.78, 5) is 0.413. The zero-order valence-corrected chi connectivity index (χ0v) is 15.5. The van der Waals surface area contributed by atoms with E-state index in [4.69, 9.17) is 0 Å². The Bertz CT molecular complexity index is 741. The molecule has 0 spiro atoms. The minimum absolute atomic E-state index is 0.135. The lowest BCUT2D eigenvalue weighted by Gasteiger charge is -2.19. The molecule has 2 aromatic rings. The van der Waals surface area contributed by atoms with Crippen LogP contribution in [-0.4, -0.2) is 14.2 Å². The lowest BCUT2D eigenvalue weighted by Crippen LogP contribution is -2.21. The lowest BCUT2D eigenvalue weighted by molar-refractivity contribution is 0.462. The third-order valence-electron chi connectivity index (χ3n) is 3.26. The standard InChI is InChI=1S/C18H21BrO2S/c1-18(2,3)13-22(20,21)17-7-5-4-6-16(17)15-10-8-14(12-19)9-11-15/h4-11H,12-13H2,1-3H3. The van der Waals surface area contributed by atoms with Crippen LogP contribution in [0.1, 0.15) is 26.3 Å². The van der Waals surface area contributed by atoms with Crippen LogP contribution in [0.3, 0.4) is 0 Å². The number of sulfone groups is 1. The second-order valence-corrected chi connectivity index (χ2v) is 9.17. The van der Waals surface area contributed by atoms with E-state index in [9.17, 15) is 8.42 Å². The number of hydrogen-bond acceptors (Lipinski definition) is 2. The van der Waals surface area contributed by atoms with E-state index >= 15 is 0 Å². The molecule has 0 saturated carbocycles. The number of alkyl halides is 1. The fourth-order valence-electron chi connectivity index (χ4n) is 2.40. The highest BCUT2D eigenvalue weighted by atomic mass is 79.9. The van der Waals surface area contributed by atoms with E-state index in [1.807, 2.05) is 57.2 Å². The molecule has 0 radical (unpaired) electrons. The molecule has 0 fully saturated rings. The van der Waals surface area contributed by atoms with E-state index < -0.39 is 9.84 Å². The maximum atomic E-state index is 12.8. The van der Waals surface area contributed by atoms with Crippen LogP contribution in [0.4, 0.5) is 0 Å². The molecule has 2 rings (SSSR count). The zero-order valence-electron chi connectivity index (χ0n) is 13.1. The molecular formula is C18H21BrO2S. The molecule has 4 heteroatoms. The van der Waals surface area contributed by atoms with Crippen molar-refractivity contribution in [2.45, 2.75) is 31.0 Å². The maximum absolute atomic E-state index is 12.8. The zero-order chi connectivity index (χ0) is 16.4. The lowest BCUT2D eigenvalue weighted by atomic mass is 10.0. The van der Waals surface area contributed by atoms with Gasteiger partial charge in [0.15, 0.2) is 9.84 Å². The average molecular weight is 381 g/mol. The molecule has 0 unspecified atom stereocenters. The first-order chi connectivity index (χ1) is 10.2. The Morgan fingerprint density at radius 1 is 0.955 bits per heavy atom. The van der Waals surface area contributed by atoms with Gasteiger partial charge < -0.3 is 0 Å². The Morgan fingerprint density at radius 3 is 2.09 bits per heavy atom. The summed E-state index contributed by atoms with van der Waals surface area (Å²) >= 11 is 3.42. The van der Waals surface area contributed by atoms with Crippen molar-refractivity contribution in [2.24, 2.45) is 5.41 Å². The van der Waals surface area contributed by atoms with Crippen molar-refractivity contribution >= 4 is 25.8 Å². The highest BCUT2D eigenvalue weighted by Gasteiger charge is 2.25. The van der Waals surface area contributed by atoms with E-state index in [0.29, 0.717) is 4.90 Å². The van der Waals surface area contributed by atoms with Gasteiger partial charge in [0.1, 0.15) is 0 Å². The molecule has 0 bridgehead atoms. The molecule has 0 heterocycles. The summed E-state index contributed by atoms with van der Waals surface area (Å²) in [6, 6.07) is 15.2. The molecular weight excluding hydrogens is 360 g/mol. The van der Waals surface area contributed by atoms with Gasteiger partial charge in [0, 0.05) is 10.9 Å². The first-order valence-electron chi connectivity index (χ1n) is 7.20. The molecule has 2 nitrogen and oxygen atoms in total. The van der Waals surface area contributed by atoms with Crippen LogP contribution < -0.4 is 0 Å². The monoisotopic (exact) mass is 380 g/mol. The minimum Gasteiger partial charge on any atom is -0.224 e. The van der Waals surface area contributed by atoms with Gasteiger partial charge in [0.25, 0.3) is 0 Å². The van der Waals surface area contributed by atoms with E-state index in [2.05, 4.69) is 15.9 Å². The molecule has 0 aromatic heterocycles. The van der Waals surface area contributed by atoms with Crippen molar-refractivity contribution in [3.8, 4) is 11.1 Å². The van der Waals surface area contributed by atoms with Gasteiger partial charge in [0.05, 0.1) is 10.6 Å². The van der Waals surface area contributed by atoms with E-state index in [0.717, 1.165) is 16.5 Å². The number of benzene rings is 2. The Balaban J connectivity index is 2.51.